The van der Waals surface area contributed by atoms with E-state index in [0.717, 1.165) is 0 Å². The lowest BCUT2D eigenvalue weighted by Crippen LogP contribution is -2.26. The van der Waals surface area contributed by atoms with Gasteiger partial charge < -0.3 is 4.98 Å². The van der Waals surface area contributed by atoms with Gasteiger partial charge >= 0.3 is 5.69 Å². The van der Waals surface area contributed by atoms with Crippen LogP contribution in [0.25, 0.3) is 0 Å². The minimum Gasteiger partial charge on any atom is -0.307 e. The second-order valence-corrected chi connectivity index (χ2v) is 2.10. The van der Waals surface area contributed by atoms with Gasteiger partial charge in [0.25, 0.3) is 5.56 Å². The second-order valence-electron chi connectivity index (χ2n) is 1.83. The van der Waals surface area contributed by atoms with Crippen LogP contribution in [-0.4, -0.2) is 9.97 Å². The molecule has 0 amide bonds. The fourth-order valence-corrected chi connectivity index (χ4v) is 0.794. The van der Waals surface area contributed by atoms with Crippen molar-refractivity contribution in [2.24, 2.45) is 0 Å². The van der Waals surface area contributed by atoms with Crippen molar-refractivity contribution in [1.82, 2.24) is 9.97 Å². The summed E-state index contributed by atoms with van der Waals surface area (Å²) in [4.78, 5) is 24.8. The zero-order valence-corrected chi connectivity index (χ0v) is 6.04. The largest absolute Gasteiger partial charge is 0.326 e. The van der Waals surface area contributed by atoms with E-state index in [9.17, 15) is 14.0 Å². The van der Waals surface area contributed by atoms with Crippen LogP contribution in [0.3, 0.4) is 0 Å². The Kier molecular flexibility index (Phi) is 2.09. The van der Waals surface area contributed by atoms with Gasteiger partial charge in [0.05, 0.1) is 11.6 Å². The maximum atomic E-state index is 12.6. The molecule has 0 saturated carbocycles. The van der Waals surface area contributed by atoms with Crippen molar-refractivity contribution >= 4 is 11.6 Å². The third-order valence-electron chi connectivity index (χ3n) is 1.09. The van der Waals surface area contributed by atoms with Gasteiger partial charge in [-0.15, -0.1) is 11.6 Å². The molecule has 1 aromatic rings. The Labute approximate surface area is 65.0 Å². The van der Waals surface area contributed by atoms with E-state index >= 15 is 0 Å². The molecule has 6 heteroatoms. The van der Waals surface area contributed by atoms with Gasteiger partial charge in [-0.05, 0) is 0 Å². The molecule has 0 atom stereocenters. The maximum absolute atomic E-state index is 12.6. The Balaban J connectivity index is 3.49. The van der Waals surface area contributed by atoms with Crippen LogP contribution < -0.4 is 11.2 Å². The molecular weight excluding hydrogens is 175 g/mol. The highest BCUT2D eigenvalue weighted by atomic mass is 35.5. The number of hydrogen-bond acceptors (Lipinski definition) is 2. The number of H-pyrrole nitrogens is 2. The Morgan fingerprint density at radius 1 is 1.36 bits per heavy atom. The van der Waals surface area contributed by atoms with E-state index in [4.69, 9.17) is 11.6 Å². The van der Waals surface area contributed by atoms with E-state index in [1.807, 2.05) is 4.98 Å². The van der Waals surface area contributed by atoms with E-state index in [2.05, 4.69) is 0 Å². The third-order valence-corrected chi connectivity index (χ3v) is 1.36. The van der Waals surface area contributed by atoms with E-state index in [0.29, 0.717) is 0 Å². The van der Waals surface area contributed by atoms with Crippen LogP contribution >= 0.6 is 11.6 Å². The topological polar surface area (TPSA) is 65.7 Å². The number of hydrogen-bond donors (Lipinski definition) is 2. The van der Waals surface area contributed by atoms with Gasteiger partial charge in [-0.25, -0.2) is 4.79 Å². The van der Waals surface area contributed by atoms with Gasteiger partial charge in [0.2, 0.25) is 5.82 Å². The summed E-state index contributed by atoms with van der Waals surface area (Å²) in [7, 11) is 0. The summed E-state index contributed by atoms with van der Waals surface area (Å²) < 4.78 is 12.6. The van der Waals surface area contributed by atoms with E-state index < -0.39 is 17.1 Å². The minimum absolute atomic E-state index is 0.194. The summed E-state index contributed by atoms with van der Waals surface area (Å²) in [6, 6.07) is 0. The quantitative estimate of drug-likeness (QED) is 0.592. The van der Waals surface area contributed by atoms with Crippen LogP contribution in [0.2, 0.25) is 0 Å². The first-order valence-corrected chi connectivity index (χ1v) is 3.25. The zero-order chi connectivity index (χ0) is 8.43. The molecule has 0 aliphatic carbocycles. The minimum atomic E-state index is -1.05. The van der Waals surface area contributed by atoms with E-state index in [1.54, 1.807) is 4.98 Å². The number of rotatable bonds is 1. The lowest BCUT2D eigenvalue weighted by molar-refractivity contribution is 0.582. The Hall–Kier alpha value is -1.10. The van der Waals surface area contributed by atoms with Crippen molar-refractivity contribution in [3.8, 4) is 0 Å². The highest BCUT2D eigenvalue weighted by molar-refractivity contribution is 6.16. The number of halogens is 2. The molecule has 0 aliphatic rings. The summed E-state index contributed by atoms with van der Waals surface area (Å²) in [6.07, 6.45) is 0. The van der Waals surface area contributed by atoms with Gasteiger partial charge in [-0.2, -0.15) is 4.39 Å². The van der Waals surface area contributed by atoms with Crippen molar-refractivity contribution in [3.05, 3.63) is 32.3 Å². The SMILES string of the molecule is O=c1[nH]c(CCl)c(F)c(=O)[nH]1. The van der Waals surface area contributed by atoms with Crippen LogP contribution in [0, 0.1) is 5.82 Å². The number of aromatic amines is 2. The number of alkyl halides is 1. The van der Waals surface area contributed by atoms with Gasteiger partial charge in [0, 0.05) is 0 Å². The summed E-state index contributed by atoms with van der Waals surface area (Å²) in [5.74, 6) is -1.27. The van der Waals surface area contributed by atoms with Crippen LogP contribution in [0.5, 0.6) is 0 Å². The van der Waals surface area contributed by atoms with Gasteiger partial charge in [-0.1, -0.05) is 0 Å². The summed E-state index contributed by atoms with van der Waals surface area (Å²) in [5.41, 5.74) is -2.00. The molecule has 0 spiro atoms. The molecule has 0 unspecified atom stereocenters. The molecule has 2 N–H and O–H groups in total. The average Bonchev–Trinajstić information content (AvgIpc) is 1.96. The molecule has 1 rings (SSSR count). The lowest BCUT2D eigenvalue weighted by Gasteiger charge is -1.93. The lowest BCUT2D eigenvalue weighted by atomic mass is 10.4. The Morgan fingerprint density at radius 3 is 2.55 bits per heavy atom. The molecule has 60 valence electrons. The molecule has 0 bridgehead atoms. The van der Waals surface area contributed by atoms with Crippen molar-refractivity contribution in [2.45, 2.75) is 5.88 Å². The monoisotopic (exact) mass is 178 g/mol. The molecule has 1 heterocycles. The summed E-state index contributed by atoms with van der Waals surface area (Å²) in [5, 5.41) is 0. The molecule has 0 fully saturated rings. The molecule has 1 aromatic heterocycles. The van der Waals surface area contributed by atoms with Crippen molar-refractivity contribution < 1.29 is 4.39 Å². The second kappa shape index (κ2) is 2.87. The molecule has 0 aliphatic heterocycles. The first kappa shape index (κ1) is 8.00. The van der Waals surface area contributed by atoms with Crippen LogP contribution in [0.15, 0.2) is 9.59 Å². The fourth-order valence-electron chi connectivity index (χ4n) is 0.610. The normalized spacial score (nSPS) is 10.0. The van der Waals surface area contributed by atoms with Crippen LogP contribution in [0.4, 0.5) is 4.39 Å². The van der Waals surface area contributed by atoms with Crippen LogP contribution in [0.1, 0.15) is 5.69 Å². The predicted octanol–water partition coefficient (Wildman–Crippen LogP) is -0.0589. The summed E-state index contributed by atoms with van der Waals surface area (Å²) >= 11 is 5.21. The van der Waals surface area contributed by atoms with Crippen LogP contribution in [-0.2, 0) is 5.88 Å². The fraction of sp³-hybridized carbons (Fsp3) is 0.200. The van der Waals surface area contributed by atoms with Gasteiger partial charge in [0.1, 0.15) is 0 Å². The Bertz CT molecular complexity index is 369. The molecule has 0 radical (unpaired) electrons. The summed E-state index contributed by atoms with van der Waals surface area (Å²) in [6.45, 7) is 0. The van der Waals surface area contributed by atoms with E-state index in [1.165, 1.54) is 0 Å². The highest BCUT2D eigenvalue weighted by Gasteiger charge is 2.05. The Morgan fingerprint density at radius 2 is 2.00 bits per heavy atom. The molecule has 4 nitrogen and oxygen atoms in total. The first-order valence-electron chi connectivity index (χ1n) is 2.72. The molecule has 0 aromatic carbocycles. The standard InChI is InChI=1S/C5H4ClFN2O2/c6-1-2-3(7)4(10)9-5(11)8-2/h1H2,(H2,8,9,10,11). The smallest absolute Gasteiger partial charge is 0.307 e. The van der Waals surface area contributed by atoms with Crippen molar-refractivity contribution in [1.29, 1.82) is 0 Å². The van der Waals surface area contributed by atoms with E-state index in [-0.39, 0.29) is 11.6 Å². The van der Waals surface area contributed by atoms with Gasteiger partial charge in [-0.3, -0.25) is 9.78 Å². The molecular formula is C5H4ClFN2O2. The molecule has 0 saturated heterocycles. The number of nitrogens with one attached hydrogen (secondary N) is 2. The average molecular weight is 179 g/mol. The molecule has 11 heavy (non-hydrogen) atoms. The van der Waals surface area contributed by atoms with Crippen molar-refractivity contribution in [3.63, 3.8) is 0 Å². The van der Waals surface area contributed by atoms with Gasteiger partial charge in [0.15, 0.2) is 0 Å². The third kappa shape index (κ3) is 1.48. The zero-order valence-electron chi connectivity index (χ0n) is 5.28. The first-order chi connectivity index (χ1) is 5.15. The van der Waals surface area contributed by atoms with Crippen molar-refractivity contribution in [2.75, 3.05) is 0 Å². The maximum Gasteiger partial charge on any atom is 0.326 e. The predicted molar refractivity (Wildman–Crippen MR) is 37.2 cm³/mol. The number of aromatic nitrogens is 2. The highest BCUT2D eigenvalue weighted by Crippen LogP contribution is 1.97.